The Morgan fingerprint density at radius 1 is 1.13 bits per heavy atom. The number of benzene rings is 2. The first kappa shape index (κ1) is 20.6. The Bertz CT molecular complexity index is 1110. The fraction of sp³-hybridized carbons (Fsp3) is 0.318. The number of fused-ring (bicyclic) bond motifs is 1. The van der Waals surface area contributed by atoms with Crippen molar-refractivity contribution in [1.82, 2.24) is 9.88 Å². The fourth-order valence-corrected chi connectivity index (χ4v) is 4.83. The van der Waals surface area contributed by atoms with E-state index in [0.29, 0.717) is 24.6 Å². The van der Waals surface area contributed by atoms with Crippen molar-refractivity contribution in [3.63, 3.8) is 0 Å². The number of piperazine rings is 1. The topological polar surface area (TPSA) is 65.5 Å². The van der Waals surface area contributed by atoms with Gasteiger partial charge in [0.1, 0.15) is 0 Å². The summed E-state index contributed by atoms with van der Waals surface area (Å²) in [4.78, 5) is 32.7. The molecule has 1 aromatic heterocycles. The predicted octanol–water partition coefficient (Wildman–Crippen LogP) is 4.11. The van der Waals surface area contributed by atoms with Crippen LogP contribution in [0.5, 0.6) is 0 Å². The van der Waals surface area contributed by atoms with E-state index < -0.39 is 0 Å². The second-order valence-corrected chi connectivity index (χ2v) is 8.94. The van der Waals surface area contributed by atoms with Crippen molar-refractivity contribution in [2.75, 3.05) is 36.4 Å². The molecule has 1 N–H and O–H groups in total. The lowest BCUT2D eigenvalue weighted by Gasteiger charge is -2.37. The zero-order chi connectivity index (χ0) is 21.3. The van der Waals surface area contributed by atoms with Crippen molar-refractivity contribution in [3.05, 3.63) is 52.5 Å². The molecule has 0 atom stereocenters. The minimum Gasteiger partial charge on any atom is -0.368 e. The van der Waals surface area contributed by atoms with Gasteiger partial charge in [0.2, 0.25) is 11.8 Å². The molecule has 2 heterocycles. The normalized spacial score (nSPS) is 14.2. The van der Waals surface area contributed by atoms with Gasteiger partial charge in [-0.1, -0.05) is 35.1 Å². The van der Waals surface area contributed by atoms with Crippen molar-refractivity contribution >= 4 is 55.8 Å². The van der Waals surface area contributed by atoms with Crippen LogP contribution in [0.15, 0.2) is 36.4 Å². The van der Waals surface area contributed by atoms with Crippen LogP contribution < -0.4 is 10.2 Å². The van der Waals surface area contributed by atoms with Gasteiger partial charge in [0.05, 0.1) is 16.6 Å². The maximum Gasteiger partial charge on any atom is 0.227 e. The number of rotatable bonds is 4. The van der Waals surface area contributed by atoms with Crippen LogP contribution in [0.1, 0.15) is 18.1 Å². The second kappa shape index (κ2) is 8.62. The van der Waals surface area contributed by atoms with Crippen LogP contribution in [0.4, 0.5) is 10.8 Å². The lowest BCUT2D eigenvalue weighted by Crippen LogP contribution is -2.49. The Labute approximate surface area is 184 Å². The van der Waals surface area contributed by atoms with E-state index in [0.717, 1.165) is 39.6 Å². The van der Waals surface area contributed by atoms with E-state index in [2.05, 4.69) is 22.1 Å². The van der Waals surface area contributed by atoms with Crippen LogP contribution in [0.3, 0.4) is 0 Å². The summed E-state index contributed by atoms with van der Waals surface area (Å²) in [6, 6.07) is 11.7. The molecule has 156 valence electrons. The maximum atomic E-state index is 12.8. The first-order chi connectivity index (χ1) is 14.4. The summed E-state index contributed by atoms with van der Waals surface area (Å²) in [6.45, 7) is 6.52. The molecule has 30 heavy (non-hydrogen) atoms. The molecule has 2 amide bonds. The third kappa shape index (κ3) is 4.57. The highest BCUT2D eigenvalue weighted by atomic mass is 35.5. The largest absolute Gasteiger partial charge is 0.368 e. The number of carbonyl (C=O) groups excluding carboxylic acids is 2. The van der Waals surface area contributed by atoms with Gasteiger partial charge >= 0.3 is 0 Å². The van der Waals surface area contributed by atoms with E-state index in [1.54, 1.807) is 0 Å². The quantitative estimate of drug-likeness (QED) is 0.660. The number of thiazole rings is 1. The number of nitrogens with one attached hydrogen (secondary N) is 1. The first-order valence-corrected chi connectivity index (χ1v) is 11.0. The number of anilines is 2. The highest BCUT2D eigenvalue weighted by molar-refractivity contribution is 7.22. The van der Waals surface area contributed by atoms with E-state index in [4.69, 9.17) is 11.6 Å². The van der Waals surface area contributed by atoms with Gasteiger partial charge in [0.15, 0.2) is 5.13 Å². The molecule has 1 saturated heterocycles. The maximum absolute atomic E-state index is 12.8. The number of carbonyl (C=O) groups is 2. The van der Waals surface area contributed by atoms with Crippen molar-refractivity contribution in [2.45, 2.75) is 20.3 Å². The van der Waals surface area contributed by atoms with E-state index in [1.165, 1.54) is 23.8 Å². The Morgan fingerprint density at radius 3 is 2.63 bits per heavy atom. The molecule has 0 unspecified atom stereocenters. The van der Waals surface area contributed by atoms with Crippen molar-refractivity contribution < 1.29 is 9.59 Å². The lowest BCUT2D eigenvalue weighted by atomic mass is 10.1. The van der Waals surface area contributed by atoms with Crippen LogP contribution in [-0.4, -0.2) is 47.9 Å². The summed E-state index contributed by atoms with van der Waals surface area (Å²) < 4.78 is 0.963. The molecule has 0 bridgehead atoms. The molecule has 8 heteroatoms. The Kier molecular flexibility index (Phi) is 5.92. The molecule has 1 aliphatic rings. The molecule has 1 fully saturated rings. The fourth-order valence-electron chi connectivity index (χ4n) is 3.69. The summed E-state index contributed by atoms with van der Waals surface area (Å²) in [7, 11) is 0. The van der Waals surface area contributed by atoms with Crippen molar-refractivity contribution in [1.29, 1.82) is 0 Å². The monoisotopic (exact) mass is 442 g/mol. The van der Waals surface area contributed by atoms with Crippen LogP contribution in [0.25, 0.3) is 10.2 Å². The molecule has 2 aromatic carbocycles. The van der Waals surface area contributed by atoms with Gasteiger partial charge in [-0.15, -0.1) is 0 Å². The first-order valence-electron chi connectivity index (χ1n) is 9.85. The Morgan fingerprint density at radius 2 is 1.90 bits per heavy atom. The number of aromatic nitrogens is 1. The summed E-state index contributed by atoms with van der Waals surface area (Å²) in [5, 5.41) is 4.02. The number of hydrogen-bond acceptors (Lipinski definition) is 5. The average molecular weight is 443 g/mol. The standard InChI is InChI=1S/C22H23ClN4O2S/c1-14-3-5-17(23)13-19(14)26-7-9-27(10-8-26)21(29)12-16-4-6-18-20(11-16)30-22(25-18)24-15(2)28/h3-6,11,13H,7-10,12H2,1-2H3,(H,24,25,28). The molecule has 1 aliphatic heterocycles. The summed E-state index contributed by atoms with van der Waals surface area (Å²) in [6.07, 6.45) is 0.361. The summed E-state index contributed by atoms with van der Waals surface area (Å²) in [5.74, 6) is -0.0139. The third-order valence-electron chi connectivity index (χ3n) is 5.24. The minimum absolute atomic E-state index is 0.128. The molecule has 0 aliphatic carbocycles. The number of halogens is 1. The van der Waals surface area contributed by atoms with Crippen LogP contribution >= 0.6 is 22.9 Å². The van der Waals surface area contributed by atoms with Crippen LogP contribution in [-0.2, 0) is 16.0 Å². The third-order valence-corrected chi connectivity index (χ3v) is 6.40. The molecular weight excluding hydrogens is 420 g/mol. The number of aryl methyl sites for hydroxylation is 1. The van der Waals surface area contributed by atoms with Gasteiger partial charge in [0.25, 0.3) is 0 Å². The van der Waals surface area contributed by atoms with Crippen molar-refractivity contribution in [2.24, 2.45) is 0 Å². The highest BCUT2D eigenvalue weighted by Gasteiger charge is 2.22. The molecule has 0 saturated carbocycles. The summed E-state index contributed by atoms with van der Waals surface area (Å²) >= 11 is 7.58. The van der Waals surface area contributed by atoms with Gasteiger partial charge in [-0.3, -0.25) is 9.59 Å². The summed E-state index contributed by atoms with van der Waals surface area (Å²) in [5.41, 5.74) is 4.11. The molecule has 0 radical (unpaired) electrons. The Hall–Kier alpha value is -2.64. The zero-order valence-electron chi connectivity index (χ0n) is 16.9. The molecule has 3 aromatic rings. The molecule has 0 spiro atoms. The predicted molar refractivity (Wildman–Crippen MR) is 123 cm³/mol. The zero-order valence-corrected chi connectivity index (χ0v) is 18.5. The van der Waals surface area contributed by atoms with E-state index in [9.17, 15) is 9.59 Å². The number of amides is 2. The average Bonchev–Trinajstić information content (AvgIpc) is 3.10. The SMILES string of the molecule is CC(=O)Nc1nc2ccc(CC(=O)N3CCN(c4cc(Cl)ccc4C)CC3)cc2s1. The van der Waals surface area contributed by atoms with Crippen LogP contribution in [0.2, 0.25) is 5.02 Å². The minimum atomic E-state index is -0.142. The van der Waals surface area contributed by atoms with Gasteiger partial charge in [-0.05, 0) is 42.3 Å². The highest BCUT2D eigenvalue weighted by Crippen LogP contribution is 2.28. The van der Waals surface area contributed by atoms with Gasteiger partial charge < -0.3 is 15.1 Å². The molecular formula is C22H23ClN4O2S. The number of hydrogen-bond donors (Lipinski definition) is 1. The van der Waals surface area contributed by atoms with Gasteiger partial charge in [0, 0.05) is 43.8 Å². The smallest absolute Gasteiger partial charge is 0.227 e. The molecule has 6 nitrogen and oxygen atoms in total. The van der Waals surface area contributed by atoms with Gasteiger partial charge in [-0.25, -0.2) is 4.98 Å². The number of nitrogens with zero attached hydrogens (tertiary/aromatic N) is 3. The van der Waals surface area contributed by atoms with Crippen molar-refractivity contribution in [3.8, 4) is 0 Å². The van der Waals surface area contributed by atoms with E-state index in [1.807, 2.05) is 41.3 Å². The second-order valence-electron chi connectivity index (χ2n) is 7.48. The van der Waals surface area contributed by atoms with Crippen LogP contribution in [0, 0.1) is 6.92 Å². The Balaban J connectivity index is 1.38. The molecule has 4 rings (SSSR count). The van der Waals surface area contributed by atoms with Gasteiger partial charge in [-0.2, -0.15) is 0 Å². The lowest BCUT2D eigenvalue weighted by molar-refractivity contribution is -0.130. The van der Waals surface area contributed by atoms with E-state index in [-0.39, 0.29) is 11.8 Å². The van der Waals surface area contributed by atoms with E-state index >= 15 is 0 Å².